The summed E-state index contributed by atoms with van der Waals surface area (Å²) < 4.78 is 0. The fraction of sp³-hybridized carbons (Fsp3) is 0.625. The van der Waals surface area contributed by atoms with Gasteiger partial charge in [0.2, 0.25) is 0 Å². The third-order valence-electron chi connectivity index (χ3n) is 4.13. The van der Waals surface area contributed by atoms with E-state index < -0.39 is 0 Å². The van der Waals surface area contributed by atoms with E-state index in [0.29, 0.717) is 0 Å². The van der Waals surface area contributed by atoms with E-state index in [1.165, 1.54) is 54.7 Å². The Kier molecular flexibility index (Phi) is 4.73. The fourth-order valence-electron chi connectivity index (χ4n) is 2.75. The van der Waals surface area contributed by atoms with Crippen LogP contribution in [0.15, 0.2) is 23.1 Å². The van der Waals surface area contributed by atoms with Gasteiger partial charge in [0.25, 0.3) is 0 Å². The third kappa shape index (κ3) is 4.14. The molecule has 2 aliphatic rings. The third-order valence-corrected chi connectivity index (χ3v) is 5.71. The van der Waals surface area contributed by atoms with Crippen LogP contribution in [0.1, 0.15) is 44.1 Å². The first kappa shape index (κ1) is 13.8. The number of rotatable bonds is 6. The van der Waals surface area contributed by atoms with Gasteiger partial charge in [0.05, 0.1) is 0 Å². The van der Waals surface area contributed by atoms with Gasteiger partial charge in [-0.3, -0.25) is 0 Å². The van der Waals surface area contributed by atoms with Crippen LogP contribution < -0.4 is 5.32 Å². The van der Waals surface area contributed by atoms with E-state index >= 15 is 0 Å². The lowest BCUT2D eigenvalue weighted by Gasteiger charge is -2.13. The first-order valence-electron chi connectivity index (χ1n) is 7.46. The van der Waals surface area contributed by atoms with Crippen molar-refractivity contribution in [1.29, 1.82) is 0 Å². The average Bonchev–Trinajstić information content (AvgIpc) is 3.10. The van der Waals surface area contributed by atoms with E-state index in [4.69, 9.17) is 11.6 Å². The van der Waals surface area contributed by atoms with Crippen molar-refractivity contribution < 1.29 is 0 Å². The van der Waals surface area contributed by atoms with Gasteiger partial charge >= 0.3 is 0 Å². The van der Waals surface area contributed by atoms with E-state index in [-0.39, 0.29) is 0 Å². The zero-order valence-corrected chi connectivity index (χ0v) is 12.9. The van der Waals surface area contributed by atoms with E-state index in [2.05, 4.69) is 17.4 Å². The number of thioether (sulfide) groups is 1. The average molecular weight is 296 g/mol. The Bertz CT molecular complexity index is 425. The second-order valence-electron chi connectivity index (χ2n) is 5.87. The number of hydrogen-bond acceptors (Lipinski definition) is 2. The fourth-order valence-corrected chi connectivity index (χ4v) is 4.18. The van der Waals surface area contributed by atoms with Crippen LogP contribution in [0, 0.1) is 5.92 Å². The standard InChI is InChI=1S/C16H22ClNS/c17-14-5-8-16(19-11-12-3-1-2-4-12)13(9-14)10-18-15-6-7-15/h5,8-9,12,15,18H,1-4,6-7,10-11H2. The Hall–Kier alpha value is -0.180. The highest BCUT2D eigenvalue weighted by atomic mass is 35.5. The Labute approximate surface area is 125 Å². The molecule has 2 aliphatic carbocycles. The number of benzene rings is 1. The molecule has 0 aliphatic heterocycles. The summed E-state index contributed by atoms with van der Waals surface area (Å²) in [6.07, 6.45) is 8.40. The summed E-state index contributed by atoms with van der Waals surface area (Å²) in [7, 11) is 0. The highest BCUT2D eigenvalue weighted by Crippen LogP contribution is 2.33. The molecule has 1 aromatic rings. The van der Waals surface area contributed by atoms with Gasteiger partial charge in [-0.25, -0.2) is 0 Å². The predicted octanol–water partition coefficient (Wildman–Crippen LogP) is 4.87. The van der Waals surface area contributed by atoms with Gasteiger partial charge in [-0.1, -0.05) is 24.4 Å². The lowest BCUT2D eigenvalue weighted by molar-refractivity contribution is 0.622. The lowest BCUT2D eigenvalue weighted by Crippen LogP contribution is -2.16. The maximum atomic E-state index is 6.14. The predicted molar refractivity (Wildman–Crippen MR) is 84.0 cm³/mol. The topological polar surface area (TPSA) is 12.0 Å². The van der Waals surface area contributed by atoms with Crippen LogP contribution >= 0.6 is 23.4 Å². The minimum absolute atomic E-state index is 0.756. The molecule has 1 nitrogen and oxygen atoms in total. The molecule has 104 valence electrons. The van der Waals surface area contributed by atoms with Crippen molar-refractivity contribution in [2.45, 2.75) is 56.0 Å². The second kappa shape index (κ2) is 6.51. The molecule has 1 N–H and O–H groups in total. The van der Waals surface area contributed by atoms with E-state index in [9.17, 15) is 0 Å². The maximum Gasteiger partial charge on any atom is 0.0410 e. The summed E-state index contributed by atoms with van der Waals surface area (Å²) in [5, 5.41) is 4.46. The van der Waals surface area contributed by atoms with Gasteiger partial charge in [-0.05, 0) is 55.4 Å². The van der Waals surface area contributed by atoms with Crippen LogP contribution in [0.25, 0.3) is 0 Å². The molecule has 19 heavy (non-hydrogen) atoms. The smallest absolute Gasteiger partial charge is 0.0410 e. The van der Waals surface area contributed by atoms with Crippen molar-refractivity contribution in [1.82, 2.24) is 5.32 Å². The molecule has 0 bridgehead atoms. The first-order chi connectivity index (χ1) is 9.31. The molecule has 0 heterocycles. The molecule has 0 atom stereocenters. The molecule has 0 radical (unpaired) electrons. The van der Waals surface area contributed by atoms with Crippen molar-refractivity contribution in [3.8, 4) is 0 Å². The van der Waals surface area contributed by atoms with Crippen LogP contribution in [0.5, 0.6) is 0 Å². The number of halogens is 1. The SMILES string of the molecule is Clc1ccc(SCC2CCCC2)c(CNC2CC2)c1. The van der Waals surface area contributed by atoms with Crippen molar-refractivity contribution in [2.24, 2.45) is 5.92 Å². The summed E-state index contributed by atoms with van der Waals surface area (Å²) in [6.45, 7) is 0.970. The van der Waals surface area contributed by atoms with Crippen LogP contribution in [0.3, 0.4) is 0 Å². The van der Waals surface area contributed by atoms with Crippen molar-refractivity contribution in [3.05, 3.63) is 28.8 Å². The van der Waals surface area contributed by atoms with Gasteiger partial charge in [0, 0.05) is 28.3 Å². The maximum absolute atomic E-state index is 6.14. The van der Waals surface area contributed by atoms with Crippen LogP contribution in [-0.2, 0) is 6.54 Å². The number of nitrogens with one attached hydrogen (secondary N) is 1. The molecule has 2 fully saturated rings. The van der Waals surface area contributed by atoms with Gasteiger partial charge < -0.3 is 5.32 Å². The van der Waals surface area contributed by atoms with Crippen molar-refractivity contribution >= 4 is 23.4 Å². The normalized spacial score (nSPS) is 20.1. The van der Waals surface area contributed by atoms with E-state index in [1.807, 2.05) is 17.8 Å². The van der Waals surface area contributed by atoms with Crippen LogP contribution in [-0.4, -0.2) is 11.8 Å². The summed E-state index contributed by atoms with van der Waals surface area (Å²) in [4.78, 5) is 1.42. The molecule has 2 saturated carbocycles. The van der Waals surface area contributed by atoms with Gasteiger partial charge in [0.1, 0.15) is 0 Å². The van der Waals surface area contributed by atoms with Gasteiger partial charge in [-0.2, -0.15) is 0 Å². The highest BCUT2D eigenvalue weighted by molar-refractivity contribution is 7.99. The monoisotopic (exact) mass is 295 g/mol. The van der Waals surface area contributed by atoms with Crippen molar-refractivity contribution in [2.75, 3.05) is 5.75 Å². The zero-order chi connectivity index (χ0) is 13.1. The van der Waals surface area contributed by atoms with E-state index in [1.54, 1.807) is 0 Å². The Morgan fingerprint density at radius 2 is 1.95 bits per heavy atom. The second-order valence-corrected chi connectivity index (χ2v) is 7.37. The quantitative estimate of drug-likeness (QED) is 0.751. The lowest BCUT2D eigenvalue weighted by atomic mass is 10.1. The minimum atomic E-state index is 0.756. The highest BCUT2D eigenvalue weighted by Gasteiger charge is 2.21. The summed E-state index contributed by atoms with van der Waals surface area (Å²) in [5.74, 6) is 2.21. The molecule has 3 rings (SSSR count). The number of hydrogen-bond donors (Lipinski definition) is 1. The molecular weight excluding hydrogens is 274 g/mol. The van der Waals surface area contributed by atoms with Crippen LogP contribution in [0.4, 0.5) is 0 Å². The molecule has 3 heteroatoms. The molecule has 0 unspecified atom stereocenters. The molecular formula is C16H22ClNS. The molecule has 1 aromatic carbocycles. The minimum Gasteiger partial charge on any atom is -0.310 e. The summed E-state index contributed by atoms with van der Waals surface area (Å²) in [5.41, 5.74) is 1.38. The molecule has 0 amide bonds. The Morgan fingerprint density at radius 1 is 1.16 bits per heavy atom. The van der Waals surface area contributed by atoms with Crippen molar-refractivity contribution in [3.63, 3.8) is 0 Å². The zero-order valence-electron chi connectivity index (χ0n) is 11.3. The van der Waals surface area contributed by atoms with Gasteiger partial charge in [0.15, 0.2) is 0 Å². The Balaban J connectivity index is 1.60. The Morgan fingerprint density at radius 3 is 2.68 bits per heavy atom. The molecule has 0 aromatic heterocycles. The summed E-state index contributed by atoms with van der Waals surface area (Å²) >= 11 is 8.16. The molecule has 0 spiro atoms. The van der Waals surface area contributed by atoms with E-state index in [0.717, 1.165) is 23.5 Å². The molecule has 0 saturated heterocycles. The largest absolute Gasteiger partial charge is 0.310 e. The first-order valence-corrected chi connectivity index (χ1v) is 8.82. The van der Waals surface area contributed by atoms with Gasteiger partial charge in [-0.15, -0.1) is 11.8 Å². The summed E-state index contributed by atoms with van der Waals surface area (Å²) in [6, 6.07) is 7.12. The van der Waals surface area contributed by atoms with Crippen LogP contribution in [0.2, 0.25) is 5.02 Å².